The Morgan fingerprint density at radius 2 is 2.00 bits per heavy atom. The molecule has 0 unspecified atom stereocenters. The maximum atomic E-state index is 12.1. The van der Waals surface area contributed by atoms with Gasteiger partial charge in [-0.1, -0.05) is 12.1 Å². The highest BCUT2D eigenvalue weighted by Gasteiger charge is 2.13. The van der Waals surface area contributed by atoms with Crippen molar-refractivity contribution in [1.82, 2.24) is 14.5 Å². The van der Waals surface area contributed by atoms with E-state index in [1.54, 1.807) is 23.0 Å². The van der Waals surface area contributed by atoms with Gasteiger partial charge in [-0.3, -0.25) is 4.68 Å². The maximum absolute atomic E-state index is 12.1. The van der Waals surface area contributed by atoms with E-state index in [1.165, 1.54) is 12.1 Å². The minimum absolute atomic E-state index is 0.204. The summed E-state index contributed by atoms with van der Waals surface area (Å²) in [7, 11) is -1.70. The molecule has 6 nitrogen and oxygen atoms in total. The summed E-state index contributed by atoms with van der Waals surface area (Å²) in [6, 6.07) is 8.35. The number of sulfonamides is 1. The number of rotatable bonds is 6. The monoisotopic (exact) mass is 304 g/mol. The fraction of sp³-hybridized carbons (Fsp3) is 0.286. The number of nitrogens with zero attached hydrogens (tertiary/aromatic N) is 3. The van der Waals surface area contributed by atoms with E-state index in [2.05, 4.69) is 9.82 Å². The van der Waals surface area contributed by atoms with Gasteiger partial charge in [0.2, 0.25) is 10.0 Å². The van der Waals surface area contributed by atoms with Gasteiger partial charge in [-0.2, -0.15) is 10.4 Å². The summed E-state index contributed by atoms with van der Waals surface area (Å²) in [5, 5.41) is 12.6. The summed E-state index contributed by atoms with van der Waals surface area (Å²) in [6.07, 6.45) is 4.42. The lowest BCUT2D eigenvalue weighted by atomic mass is 10.2. The van der Waals surface area contributed by atoms with E-state index in [9.17, 15) is 8.42 Å². The minimum Gasteiger partial charge on any atom is -0.276 e. The van der Waals surface area contributed by atoms with Gasteiger partial charge in [0, 0.05) is 19.8 Å². The lowest BCUT2D eigenvalue weighted by Crippen LogP contribution is -2.25. The van der Waals surface area contributed by atoms with Crippen LogP contribution in [0.15, 0.2) is 41.6 Å². The highest BCUT2D eigenvalue weighted by Crippen LogP contribution is 2.11. The zero-order chi connectivity index (χ0) is 15.3. The number of aryl methyl sites for hydroxylation is 1. The molecule has 7 heteroatoms. The second kappa shape index (κ2) is 6.52. The zero-order valence-electron chi connectivity index (χ0n) is 11.7. The second-order valence-electron chi connectivity index (χ2n) is 4.65. The van der Waals surface area contributed by atoms with E-state index >= 15 is 0 Å². The van der Waals surface area contributed by atoms with E-state index in [4.69, 9.17) is 5.26 Å². The van der Waals surface area contributed by atoms with Crippen LogP contribution in [0.1, 0.15) is 11.1 Å². The van der Waals surface area contributed by atoms with Crippen molar-refractivity contribution in [2.45, 2.75) is 17.7 Å². The number of hydrogen-bond donors (Lipinski definition) is 1. The van der Waals surface area contributed by atoms with E-state index in [1.807, 2.05) is 19.3 Å². The van der Waals surface area contributed by atoms with Gasteiger partial charge in [0.05, 0.1) is 23.6 Å². The van der Waals surface area contributed by atoms with E-state index in [0.717, 1.165) is 11.1 Å². The molecule has 1 heterocycles. The summed E-state index contributed by atoms with van der Waals surface area (Å²) >= 11 is 0. The third-order valence-corrected chi connectivity index (χ3v) is 4.46. The number of hydrogen-bond acceptors (Lipinski definition) is 4. The van der Waals surface area contributed by atoms with E-state index < -0.39 is 10.0 Å². The molecule has 21 heavy (non-hydrogen) atoms. The Kier molecular flexibility index (Phi) is 4.73. The molecular formula is C14H16N4O2S. The van der Waals surface area contributed by atoms with Gasteiger partial charge in [-0.25, -0.2) is 13.1 Å². The summed E-state index contributed by atoms with van der Waals surface area (Å²) < 4.78 is 28.4. The molecule has 2 rings (SSSR count). The predicted octanol–water partition coefficient (Wildman–Crippen LogP) is 1.01. The Hall–Kier alpha value is -2.17. The molecule has 0 atom stereocenters. The van der Waals surface area contributed by atoms with Gasteiger partial charge in [-0.15, -0.1) is 0 Å². The highest BCUT2D eigenvalue weighted by molar-refractivity contribution is 7.89. The van der Waals surface area contributed by atoms with Crippen molar-refractivity contribution >= 4 is 10.0 Å². The Balaban J connectivity index is 1.96. The molecule has 0 fully saturated rings. The second-order valence-corrected chi connectivity index (χ2v) is 6.42. The number of nitrogens with one attached hydrogen (secondary N) is 1. The average molecular weight is 304 g/mol. The van der Waals surface area contributed by atoms with Gasteiger partial charge in [-0.05, 0) is 29.7 Å². The number of nitriles is 1. The van der Waals surface area contributed by atoms with Crippen LogP contribution >= 0.6 is 0 Å². The van der Waals surface area contributed by atoms with Gasteiger partial charge >= 0.3 is 0 Å². The molecule has 0 radical (unpaired) electrons. The first kappa shape index (κ1) is 15.2. The van der Waals surface area contributed by atoms with E-state index in [0.29, 0.717) is 13.0 Å². The SMILES string of the molecule is Cn1cc(CCNS(=O)(=O)c2ccc(CC#N)cc2)cn1. The normalized spacial score (nSPS) is 11.2. The van der Waals surface area contributed by atoms with E-state index in [-0.39, 0.29) is 11.3 Å². The first-order chi connectivity index (χ1) is 10.0. The Labute approximate surface area is 124 Å². The topological polar surface area (TPSA) is 87.8 Å². The summed E-state index contributed by atoms with van der Waals surface area (Å²) in [4.78, 5) is 0.204. The van der Waals surface area contributed by atoms with Gasteiger partial charge < -0.3 is 0 Å². The molecule has 1 aromatic carbocycles. The molecular weight excluding hydrogens is 288 g/mol. The minimum atomic E-state index is -3.52. The van der Waals surface area contributed by atoms with Crippen molar-refractivity contribution < 1.29 is 8.42 Å². The quantitative estimate of drug-likeness (QED) is 0.862. The molecule has 0 aliphatic carbocycles. The third kappa shape index (κ3) is 4.15. The molecule has 110 valence electrons. The first-order valence-corrected chi connectivity index (χ1v) is 7.92. The molecule has 0 amide bonds. The Morgan fingerprint density at radius 3 is 2.57 bits per heavy atom. The summed E-state index contributed by atoms with van der Waals surface area (Å²) in [5.74, 6) is 0. The number of benzene rings is 1. The third-order valence-electron chi connectivity index (χ3n) is 2.98. The maximum Gasteiger partial charge on any atom is 0.240 e. The van der Waals surface area contributed by atoms with Crippen molar-refractivity contribution in [1.29, 1.82) is 5.26 Å². The molecule has 1 N–H and O–H groups in total. The fourth-order valence-electron chi connectivity index (χ4n) is 1.89. The standard InChI is InChI=1S/C14H16N4O2S/c1-18-11-13(10-16-18)7-9-17-21(19,20)14-4-2-12(3-5-14)6-8-15/h2-5,10-11,17H,6-7,9H2,1H3. The molecule has 0 aliphatic rings. The number of aromatic nitrogens is 2. The predicted molar refractivity (Wildman–Crippen MR) is 77.9 cm³/mol. The molecule has 2 aromatic rings. The summed E-state index contributed by atoms with van der Waals surface area (Å²) in [6.45, 7) is 0.313. The van der Waals surface area contributed by atoms with Crippen LogP contribution < -0.4 is 4.72 Å². The molecule has 0 saturated carbocycles. The van der Waals surface area contributed by atoms with Crippen LogP contribution in [0.3, 0.4) is 0 Å². The molecule has 0 spiro atoms. The van der Waals surface area contributed by atoms with Crippen molar-refractivity contribution in [3.8, 4) is 6.07 Å². The lowest BCUT2D eigenvalue weighted by molar-refractivity contribution is 0.581. The van der Waals surface area contributed by atoms with Crippen LogP contribution in [0.2, 0.25) is 0 Å². The summed E-state index contributed by atoms with van der Waals surface area (Å²) in [5.41, 5.74) is 1.77. The first-order valence-electron chi connectivity index (χ1n) is 6.44. The van der Waals surface area contributed by atoms with Gasteiger partial charge in [0.25, 0.3) is 0 Å². The van der Waals surface area contributed by atoms with Crippen LogP contribution in [-0.2, 0) is 29.9 Å². The Bertz CT molecular complexity index is 742. The largest absolute Gasteiger partial charge is 0.276 e. The molecule has 0 bridgehead atoms. The smallest absolute Gasteiger partial charge is 0.240 e. The molecule has 1 aromatic heterocycles. The molecule has 0 aliphatic heterocycles. The van der Waals surface area contributed by atoms with Gasteiger partial charge in [0.1, 0.15) is 0 Å². The van der Waals surface area contributed by atoms with Crippen molar-refractivity contribution in [2.24, 2.45) is 7.05 Å². The molecule has 0 saturated heterocycles. The van der Waals surface area contributed by atoms with Crippen LogP contribution in [0.5, 0.6) is 0 Å². The van der Waals surface area contributed by atoms with Crippen LogP contribution in [0.4, 0.5) is 0 Å². The van der Waals surface area contributed by atoms with Crippen molar-refractivity contribution in [3.63, 3.8) is 0 Å². The zero-order valence-corrected chi connectivity index (χ0v) is 12.5. The highest BCUT2D eigenvalue weighted by atomic mass is 32.2. The van der Waals surface area contributed by atoms with Crippen molar-refractivity contribution in [2.75, 3.05) is 6.54 Å². The fourth-order valence-corrected chi connectivity index (χ4v) is 2.92. The lowest BCUT2D eigenvalue weighted by Gasteiger charge is -2.06. The van der Waals surface area contributed by atoms with Gasteiger partial charge in [0.15, 0.2) is 0 Å². The van der Waals surface area contributed by atoms with Crippen LogP contribution in [0.25, 0.3) is 0 Å². The van der Waals surface area contributed by atoms with Crippen molar-refractivity contribution in [3.05, 3.63) is 47.8 Å². The van der Waals surface area contributed by atoms with Crippen LogP contribution in [0, 0.1) is 11.3 Å². The average Bonchev–Trinajstić information content (AvgIpc) is 2.85. The van der Waals surface area contributed by atoms with Crippen LogP contribution in [-0.4, -0.2) is 24.7 Å². The Morgan fingerprint density at radius 1 is 1.29 bits per heavy atom.